The lowest BCUT2D eigenvalue weighted by atomic mass is 10.1. The molecule has 0 aliphatic rings. The molecule has 0 atom stereocenters. The lowest BCUT2D eigenvalue weighted by Crippen LogP contribution is -2.21. The third-order valence-electron chi connectivity index (χ3n) is 4.58. The van der Waals surface area contributed by atoms with Gasteiger partial charge in [-0.15, -0.1) is 0 Å². The first-order valence-corrected chi connectivity index (χ1v) is 10.4. The number of carbonyl (C=O) groups is 2. The first kappa shape index (κ1) is 23.0. The van der Waals surface area contributed by atoms with Gasteiger partial charge in [-0.05, 0) is 48.9 Å². The first-order valence-electron chi connectivity index (χ1n) is 9.64. The standard InChI is InChI=1S/C24H22BrN3O4/c1-15-4-6-16(7-5-15)14-26-28-24(30)19-13-18(25)9-10-20(19)27-23(29)17-8-11-21(31-2)22(12-17)32-3/h4-14H,1-3H3,(H,27,29)(H,28,30)/b26-14+. The highest BCUT2D eigenvalue weighted by Crippen LogP contribution is 2.28. The van der Waals surface area contributed by atoms with Crippen LogP contribution in [0.2, 0.25) is 0 Å². The van der Waals surface area contributed by atoms with Crippen LogP contribution in [0.25, 0.3) is 0 Å². The fourth-order valence-electron chi connectivity index (χ4n) is 2.86. The molecule has 0 aromatic heterocycles. The SMILES string of the molecule is COc1ccc(C(=O)Nc2ccc(Br)cc2C(=O)N/N=C/c2ccc(C)cc2)cc1OC. The van der Waals surface area contributed by atoms with Gasteiger partial charge in [-0.1, -0.05) is 45.8 Å². The van der Waals surface area contributed by atoms with Gasteiger partial charge in [0, 0.05) is 10.0 Å². The maximum atomic E-state index is 12.8. The lowest BCUT2D eigenvalue weighted by Gasteiger charge is -2.12. The Kier molecular flexibility index (Phi) is 7.62. The number of hydrazone groups is 1. The maximum absolute atomic E-state index is 12.8. The van der Waals surface area contributed by atoms with E-state index in [1.807, 2.05) is 31.2 Å². The van der Waals surface area contributed by atoms with Gasteiger partial charge in [0.05, 0.1) is 31.7 Å². The molecule has 0 bridgehead atoms. The molecule has 0 spiro atoms. The molecular weight excluding hydrogens is 474 g/mol. The van der Waals surface area contributed by atoms with Crippen molar-refractivity contribution in [1.82, 2.24) is 5.43 Å². The molecule has 2 amide bonds. The van der Waals surface area contributed by atoms with Crippen LogP contribution in [-0.4, -0.2) is 32.2 Å². The van der Waals surface area contributed by atoms with Crippen LogP contribution < -0.4 is 20.2 Å². The van der Waals surface area contributed by atoms with E-state index in [0.29, 0.717) is 27.2 Å². The molecule has 3 rings (SSSR count). The molecule has 0 heterocycles. The Balaban J connectivity index is 1.77. The summed E-state index contributed by atoms with van der Waals surface area (Å²) >= 11 is 3.36. The Labute approximate surface area is 194 Å². The van der Waals surface area contributed by atoms with E-state index in [-0.39, 0.29) is 5.56 Å². The molecule has 0 radical (unpaired) electrons. The van der Waals surface area contributed by atoms with Crippen LogP contribution in [0.4, 0.5) is 5.69 Å². The first-order chi connectivity index (χ1) is 15.4. The van der Waals surface area contributed by atoms with E-state index in [2.05, 4.69) is 31.8 Å². The molecule has 0 fully saturated rings. The number of amides is 2. The van der Waals surface area contributed by atoms with Crippen LogP contribution in [0.3, 0.4) is 0 Å². The minimum absolute atomic E-state index is 0.259. The number of nitrogens with one attached hydrogen (secondary N) is 2. The number of aryl methyl sites for hydroxylation is 1. The van der Waals surface area contributed by atoms with Crippen LogP contribution in [-0.2, 0) is 0 Å². The molecule has 3 aromatic rings. The summed E-state index contributed by atoms with van der Waals surface area (Å²) in [4.78, 5) is 25.5. The Morgan fingerprint density at radius 1 is 0.906 bits per heavy atom. The highest BCUT2D eigenvalue weighted by atomic mass is 79.9. The molecule has 2 N–H and O–H groups in total. The lowest BCUT2D eigenvalue weighted by molar-refractivity contribution is 0.0956. The fourth-order valence-corrected chi connectivity index (χ4v) is 3.22. The summed E-state index contributed by atoms with van der Waals surface area (Å²) in [6, 6.07) is 17.5. The molecular formula is C24H22BrN3O4. The molecule has 164 valence electrons. The minimum Gasteiger partial charge on any atom is -0.493 e. The van der Waals surface area contributed by atoms with Crippen molar-refractivity contribution < 1.29 is 19.1 Å². The summed E-state index contributed by atoms with van der Waals surface area (Å²) < 4.78 is 11.1. The van der Waals surface area contributed by atoms with Crippen LogP contribution in [0.5, 0.6) is 11.5 Å². The number of methoxy groups -OCH3 is 2. The summed E-state index contributed by atoms with van der Waals surface area (Å²) in [5, 5.41) is 6.78. The summed E-state index contributed by atoms with van der Waals surface area (Å²) in [7, 11) is 3.01. The number of rotatable bonds is 7. The number of hydrogen-bond donors (Lipinski definition) is 2. The maximum Gasteiger partial charge on any atom is 0.273 e. The highest BCUT2D eigenvalue weighted by Gasteiger charge is 2.16. The second-order valence-electron chi connectivity index (χ2n) is 6.82. The van der Waals surface area contributed by atoms with Gasteiger partial charge in [-0.3, -0.25) is 9.59 Å². The van der Waals surface area contributed by atoms with Crippen molar-refractivity contribution >= 4 is 39.6 Å². The van der Waals surface area contributed by atoms with Gasteiger partial charge in [0.1, 0.15) is 0 Å². The second-order valence-corrected chi connectivity index (χ2v) is 7.74. The number of ether oxygens (including phenoxy) is 2. The van der Waals surface area contributed by atoms with E-state index >= 15 is 0 Å². The third kappa shape index (κ3) is 5.73. The van der Waals surface area contributed by atoms with Crippen molar-refractivity contribution in [2.75, 3.05) is 19.5 Å². The van der Waals surface area contributed by atoms with E-state index in [4.69, 9.17) is 9.47 Å². The van der Waals surface area contributed by atoms with Gasteiger partial charge in [0.2, 0.25) is 0 Å². The van der Waals surface area contributed by atoms with Crippen LogP contribution in [0.1, 0.15) is 31.8 Å². The summed E-state index contributed by atoms with van der Waals surface area (Å²) in [6.07, 6.45) is 1.55. The highest BCUT2D eigenvalue weighted by molar-refractivity contribution is 9.10. The van der Waals surface area contributed by atoms with Crippen LogP contribution >= 0.6 is 15.9 Å². The van der Waals surface area contributed by atoms with Gasteiger partial charge < -0.3 is 14.8 Å². The molecule has 0 aliphatic heterocycles. The smallest absolute Gasteiger partial charge is 0.273 e. The summed E-state index contributed by atoms with van der Waals surface area (Å²) in [5.41, 5.74) is 5.44. The van der Waals surface area contributed by atoms with Crippen LogP contribution in [0.15, 0.2) is 70.2 Å². The monoisotopic (exact) mass is 495 g/mol. The predicted molar refractivity (Wildman–Crippen MR) is 128 cm³/mol. The zero-order chi connectivity index (χ0) is 23.1. The van der Waals surface area contributed by atoms with Gasteiger partial charge in [-0.2, -0.15) is 5.10 Å². The Morgan fingerprint density at radius 2 is 1.62 bits per heavy atom. The Bertz CT molecular complexity index is 1160. The number of benzene rings is 3. The van der Waals surface area contributed by atoms with Gasteiger partial charge in [-0.25, -0.2) is 5.43 Å². The number of hydrogen-bond acceptors (Lipinski definition) is 5. The molecule has 0 aliphatic carbocycles. The predicted octanol–water partition coefficient (Wildman–Crippen LogP) is 4.79. The van der Waals surface area contributed by atoms with Crippen molar-refractivity contribution in [3.8, 4) is 11.5 Å². The average Bonchev–Trinajstić information content (AvgIpc) is 2.80. The molecule has 0 saturated heterocycles. The quantitative estimate of drug-likeness (QED) is 0.364. The number of halogens is 1. The summed E-state index contributed by atoms with van der Waals surface area (Å²) in [5.74, 6) is 0.0846. The van der Waals surface area contributed by atoms with E-state index in [1.54, 1.807) is 42.6 Å². The summed E-state index contributed by atoms with van der Waals surface area (Å²) in [6.45, 7) is 1.99. The average molecular weight is 496 g/mol. The van der Waals surface area contributed by atoms with Crippen molar-refractivity contribution in [2.24, 2.45) is 5.10 Å². The zero-order valence-corrected chi connectivity index (χ0v) is 19.4. The molecule has 7 nitrogen and oxygen atoms in total. The number of carbonyl (C=O) groups excluding carboxylic acids is 2. The number of nitrogens with zero attached hydrogens (tertiary/aromatic N) is 1. The normalized spacial score (nSPS) is 10.6. The van der Waals surface area contributed by atoms with Crippen molar-refractivity contribution in [3.05, 3.63) is 87.4 Å². The van der Waals surface area contributed by atoms with Crippen molar-refractivity contribution in [2.45, 2.75) is 6.92 Å². The van der Waals surface area contributed by atoms with E-state index < -0.39 is 11.8 Å². The van der Waals surface area contributed by atoms with E-state index in [0.717, 1.165) is 11.1 Å². The van der Waals surface area contributed by atoms with Gasteiger partial charge in [0.15, 0.2) is 11.5 Å². The Hall–Kier alpha value is -3.65. The van der Waals surface area contributed by atoms with E-state index in [1.165, 1.54) is 14.2 Å². The third-order valence-corrected chi connectivity index (χ3v) is 5.07. The van der Waals surface area contributed by atoms with Gasteiger partial charge in [0.25, 0.3) is 11.8 Å². The van der Waals surface area contributed by atoms with Crippen molar-refractivity contribution in [3.63, 3.8) is 0 Å². The van der Waals surface area contributed by atoms with Gasteiger partial charge >= 0.3 is 0 Å². The molecule has 32 heavy (non-hydrogen) atoms. The molecule has 0 saturated carbocycles. The molecule has 3 aromatic carbocycles. The topological polar surface area (TPSA) is 89.0 Å². The zero-order valence-electron chi connectivity index (χ0n) is 17.8. The Morgan fingerprint density at radius 3 is 2.31 bits per heavy atom. The number of anilines is 1. The van der Waals surface area contributed by atoms with Crippen LogP contribution in [0, 0.1) is 6.92 Å². The minimum atomic E-state index is -0.461. The van der Waals surface area contributed by atoms with E-state index in [9.17, 15) is 9.59 Å². The molecule has 8 heteroatoms. The largest absolute Gasteiger partial charge is 0.493 e. The second kappa shape index (κ2) is 10.6. The van der Waals surface area contributed by atoms with Crippen molar-refractivity contribution in [1.29, 1.82) is 0 Å². The fraction of sp³-hybridized carbons (Fsp3) is 0.125. The molecule has 0 unspecified atom stereocenters.